The Hall–Kier alpha value is -1.68. The number of rotatable bonds is 1. The van der Waals surface area contributed by atoms with E-state index in [1.54, 1.807) is 18.2 Å². The number of nitrogen functional groups attached to an aromatic ring is 1. The third-order valence-electron chi connectivity index (χ3n) is 2.12. The molecule has 0 aliphatic rings. The number of aromatic hydroxyl groups is 1. The molecule has 0 saturated heterocycles. The largest absolute Gasteiger partial charge is 0.506 e. The van der Waals surface area contributed by atoms with Crippen LogP contribution in [0, 0.1) is 6.92 Å². The van der Waals surface area contributed by atoms with Gasteiger partial charge in [0, 0.05) is 6.07 Å². The van der Waals surface area contributed by atoms with E-state index in [1.807, 2.05) is 6.92 Å². The number of aromatic nitrogens is 1. The maximum atomic E-state index is 9.79. The van der Waals surface area contributed by atoms with E-state index in [9.17, 15) is 5.11 Å². The summed E-state index contributed by atoms with van der Waals surface area (Å²) in [4.78, 5) is 0. The number of nitrogens with two attached hydrogens (primary N) is 1. The fourth-order valence-corrected chi connectivity index (χ4v) is 1.55. The second-order valence-corrected chi connectivity index (χ2v) is 3.61. The molecule has 0 spiro atoms. The van der Waals surface area contributed by atoms with Crippen molar-refractivity contribution in [3.8, 4) is 17.0 Å². The monoisotopic (exact) mass is 224 g/mol. The zero-order chi connectivity index (χ0) is 11.0. The second kappa shape index (κ2) is 3.47. The molecule has 2 rings (SSSR count). The van der Waals surface area contributed by atoms with Gasteiger partial charge in [-0.25, -0.2) is 0 Å². The molecule has 4 nitrogen and oxygen atoms in total. The lowest BCUT2D eigenvalue weighted by Gasteiger charge is -2.05. The summed E-state index contributed by atoms with van der Waals surface area (Å²) in [5.74, 6) is 0.189. The summed E-state index contributed by atoms with van der Waals surface area (Å²) >= 11 is 5.80. The number of phenols is 1. The summed E-state index contributed by atoms with van der Waals surface area (Å²) in [5, 5.41) is 13.8. The predicted molar refractivity (Wildman–Crippen MR) is 57.8 cm³/mol. The van der Waals surface area contributed by atoms with Gasteiger partial charge in [0.15, 0.2) is 0 Å². The highest BCUT2D eigenvalue weighted by molar-refractivity contribution is 6.32. The number of hydrogen-bond donors (Lipinski definition) is 2. The zero-order valence-electron chi connectivity index (χ0n) is 7.99. The molecular formula is C10H9ClN2O2. The van der Waals surface area contributed by atoms with Gasteiger partial charge in [0.25, 0.3) is 0 Å². The molecular weight excluding hydrogens is 216 g/mol. The summed E-state index contributed by atoms with van der Waals surface area (Å²) in [5.41, 5.74) is 7.28. The lowest BCUT2D eigenvalue weighted by atomic mass is 10.0. The first-order chi connectivity index (χ1) is 7.09. The Labute approximate surface area is 91.3 Å². The van der Waals surface area contributed by atoms with E-state index < -0.39 is 0 Å². The molecule has 0 amide bonds. The van der Waals surface area contributed by atoms with Crippen LogP contribution in [0.5, 0.6) is 5.75 Å². The average molecular weight is 225 g/mol. The van der Waals surface area contributed by atoms with E-state index in [4.69, 9.17) is 21.9 Å². The molecule has 0 fully saturated rings. The number of aryl methyl sites for hydroxylation is 1. The van der Waals surface area contributed by atoms with Crippen molar-refractivity contribution in [2.45, 2.75) is 6.92 Å². The highest BCUT2D eigenvalue weighted by Gasteiger charge is 2.14. The normalized spacial score (nSPS) is 10.5. The molecule has 1 aromatic carbocycles. The van der Waals surface area contributed by atoms with Crippen molar-refractivity contribution in [2.75, 3.05) is 5.73 Å². The molecule has 0 aliphatic heterocycles. The molecule has 5 heteroatoms. The van der Waals surface area contributed by atoms with Gasteiger partial charge in [0.05, 0.1) is 10.6 Å². The van der Waals surface area contributed by atoms with E-state index in [1.165, 1.54) is 0 Å². The van der Waals surface area contributed by atoms with Crippen LogP contribution in [0.4, 0.5) is 5.88 Å². The third-order valence-corrected chi connectivity index (χ3v) is 2.43. The van der Waals surface area contributed by atoms with Gasteiger partial charge in [0.1, 0.15) is 11.4 Å². The molecule has 0 bridgehead atoms. The van der Waals surface area contributed by atoms with Crippen LogP contribution in [0.25, 0.3) is 11.3 Å². The van der Waals surface area contributed by atoms with Crippen LogP contribution >= 0.6 is 11.6 Å². The van der Waals surface area contributed by atoms with Crippen LogP contribution in [-0.2, 0) is 0 Å². The van der Waals surface area contributed by atoms with Crippen molar-refractivity contribution in [3.05, 3.63) is 28.8 Å². The molecule has 0 aliphatic carbocycles. The molecule has 0 unspecified atom stereocenters. The predicted octanol–water partition coefficient (Wildman–Crippen LogP) is 2.59. The average Bonchev–Trinajstić information content (AvgIpc) is 2.59. The highest BCUT2D eigenvalue weighted by atomic mass is 35.5. The first kappa shape index (κ1) is 9.86. The number of halogens is 1. The van der Waals surface area contributed by atoms with Crippen LogP contribution in [0.15, 0.2) is 22.7 Å². The zero-order valence-corrected chi connectivity index (χ0v) is 8.75. The lowest BCUT2D eigenvalue weighted by molar-refractivity contribution is 0.437. The van der Waals surface area contributed by atoms with E-state index in [0.29, 0.717) is 11.3 Å². The summed E-state index contributed by atoms with van der Waals surface area (Å²) in [6, 6.07) is 4.96. The van der Waals surface area contributed by atoms with Crippen molar-refractivity contribution in [1.82, 2.24) is 5.16 Å². The Bertz CT molecular complexity index is 508. The van der Waals surface area contributed by atoms with Crippen LogP contribution in [-0.4, -0.2) is 10.3 Å². The molecule has 0 saturated carbocycles. The minimum atomic E-state index is -0.00929. The highest BCUT2D eigenvalue weighted by Crippen LogP contribution is 2.37. The van der Waals surface area contributed by atoms with Crippen molar-refractivity contribution >= 4 is 17.5 Å². The maximum absolute atomic E-state index is 9.79. The Kier molecular flexibility index (Phi) is 2.28. The number of nitrogens with zero attached hydrogens (tertiary/aromatic N) is 1. The number of benzene rings is 1. The topological polar surface area (TPSA) is 72.3 Å². The molecule has 1 aromatic heterocycles. The second-order valence-electron chi connectivity index (χ2n) is 3.20. The van der Waals surface area contributed by atoms with E-state index in [0.717, 1.165) is 5.56 Å². The standard InChI is InChI=1S/C10H9ClN2O2/c1-5-2-3-6(11)10(14)9(5)7-4-8(12)15-13-7/h2-4,14H,12H2,1H3. The summed E-state index contributed by atoms with van der Waals surface area (Å²) < 4.78 is 4.74. The van der Waals surface area contributed by atoms with Gasteiger partial charge in [-0.2, -0.15) is 0 Å². The smallest absolute Gasteiger partial charge is 0.222 e. The fraction of sp³-hybridized carbons (Fsp3) is 0.100. The van der Waals surface area contributed by atoms with Gasteiger partial charge in [-0.1, -0.05) is 22.8 Å². The number of phenolic OH excluding ortho intramolecular Hbond substituents is 1. The minimum Gasteiger partial charge on any atom is -0.506 e. The van der Waals surface area contributed by atoms with Gasteiger partial charge in [-0.15, -0.1) is 0 Å². The van der Waals surface area contributed by atoms with Gasteiger partial charge in [-0.3, -0.25) is 0 Å². The van der Waals surface area contributed by atoms with Crippen LogP contribution in [0.2, 0.25) is 5.02 Å². The van der Waals surface area contributed by atoms with Crippen LogP contribution in [0.1, 0.15) is 5.56 Å². The van der Waals surface area contributed by atoms with Crippen molar-refractivity contribution < 1.29 is 9.63 Å². The Morgan fingerprint density at radius 2 is 2.20 bits per heavy atom. The molecule has 78 valence electrons. The van der Waals surface area contributed by atoms with Crippen LogP contribution < -0.4 is 5.73 Å². The summed E-state index contributed by atoms with van der Waals surface area (Å²) in [7, 11) is 0. The third kappa shape index (κ3) is 1.64. The van der Waals surface area contributed by atoms with Crippen LogP contribution in [0.3, 0.4) is 0 Å². The molecule has 0 atom stereocenters. The van der Waals surface area contributed by atoms with Gasteiger partial charge >= 0.3 is 0 Å². The van der Waals surface area contributed by atoms with Gasteiger partial charge in [-0.05, 0) is 18.6 Å². The van der Waals surface area contributed by atoms with Gasteiger partial charge in [0.2, 0.25) is 5.88 Å². The molecule has 0 radical (unpaired) electrons. The first-order valence-corrected chi connectivity index (χ1v) is 4.68. The summed E-state index contributed by atoms with van der Waals surface area (Å²) in [6.07, 6.45) is 0. The fourth-order valence-electron chi connectivity index (χ4n) is 1.40. The Balaban J connectivity index is 2.66. The van der Waals surface area contributed by atoms with E-state index >= 15 is 0 Å². The molecule has 1 heterocycles. The van der Waals surface area contributed by atoms with E-state index in [2.05, 4.69) is 5.16 Å². The quantitative estimate of drug-likeness (QED) is 0.781. The van der Waals surface area contributed by atoms with Crippen molar-refractivity contribution in [2.24, 2.45) is 0 Å². The van der Waals surface area contributed by atoms with Crippen molar-refractivity contribution in [1.29, 1.82) is 0 Å². The Morgan fingerprint density at radius 3 is 2.80 bits per heavy atom. The Morgan fingerprint density at radius 1 is 1.47 bits per heavy atom. The van der Waals surface area contributed by atoms with Gasteiger partial charge < -0.3 is 15.4 Å². The number of hydrogen-bond acceptors (Lipinski definition) is 4. The van der Waals surface area contributed by atoms with E-state index in [-0.39, 0.29) is 16.7 Å². The minimum absolute atomic E-state index is 0.00929. The molecule has 15 heavy (non-hydrogen) atoms. The van der Waals surface area contributed by atoms with Crippen molar-refractivity contribution in [3.63, 3.8) is 0 Å². The summed E-state index contributed by atoms with van der Waals surface area (Å²) in [6.45, 7) is 1.84. The first-order valence-electron chi connectivity index (χ1n) is 4.30. The maximum Gasteiger partial charge on any atom is 0.222 e. The molecule has 3 N–H and O–H groups in total. The molecule has 2 aromatic rings. The number of anilines is 1. The lowest BCUT2D eigenvalue weighted by Crippen LogP contribution is -1.85. The SMILES string of the molecule is Cc1ccc(Cl)c(O)c1-c1cc(N)on1.